The molecule has 0 aliphatic rings. The number of rotatable bonds is 8. The van der Waals surface area contributed by atoms with Crippen LogP contribution in [0.1, 0.15) is 30.9 Å². The lowest BCUT2D eigenvalue weighted by atomic mass is 10.0. The number of amides is 1. The average Bonchev–Trinajstić information content (AvgIpc) is 2.70. The third-order valence-corrected chi connectivity index (χ3v) is 4.05. The van der Waals surface area contributed by atoms with Crippen LogP contribution in [-0.2, 0) is 14.3 Å². The molecule has 0 unspecified atom stereocenters. The zero-order valence-corrected chi connectivity index (χ0v) is 16.5. The summed E-state index contributed by atoms with van der Waals surface area (Å²) in [5, 5.41) is 2.69. The molecule has 2 aromatic rings. The standard InChI is InChI=1S/C22H25NO5/c1-15(2)16-5-9-18(10-6-16)23-21(24)14-28-22(25)12-8-17-7-11-19(26-3)13-20(17)27-4/h5-13,15H,14H2,1-4H3,(H,23,24)/b12-8+. The highest BCUT2D eigenvalue weighted by molar-refractivity contribution is 5.94. The third-order valence-electron chi connectivity index (χ3n) is 4.05. The summed E-state index contributed by atoms with van der Waals surface area (Å²) in [4.78, 5) is 23.8. The molecule has 148 valence electrons. The molecule has 0 aliphatic heterocycles. The van der Waals surface area contributed by atoms with Gasteiger partial charge in [0, 0.05) is 23.4 Å². The molecule has 0 aliphatic carbocycles. The Morgan fingerprint density at radius 1 is 1.04 bits per heavy atom. The molecule has 0 fully saturated rings. The molecule has 0 saturated carbocycles. The number of nitrogens with one attached hydrogen (secondary N) is 1. The minimum atomic E-state index is -0.622. The Labute approximate surface area is 165 Å². The molecule has 0 saturated heterocycles. The summed E-state index contributed by atoms with van der Waals surface area (Å²) in [6.07, 6.45) is 2.80. The SMILES string of the molecule is COc1ccc(/C=C/C(=O)OCC(=O)Nc2ccc(C(C)C)cc2)c(OC)c1. The van der Waals surface area contributed by atoms with Crippen LogP contribution in [0.15, 0.2) is 48.5 Å². The predicted octanol–water partition coefficient (Wildman–Crippen LogP) is 4.02. The largest absolute Gasteiger partial charge is 0.497 e. The van der Waals surface area contributed by atoms with Gasteiger partial charge < -0.3 is 19.5 Å². The monoisotopic (exact) mass is 383 g/mol. The van der Waals surface area contributed by atoms with Crippen LogP contribution in [0.2, 0.25) is 0 Å². The van der Waals surface area contributed by atoms with E-state index >= 15 is 0 Å². The Balaban J connectivity index is 1.86. The van der Waals surface area contributed by atoms with E-state index in [9.17, 15) is 9.59 Å². The summed E-state index contributed by atoms with van der Waals surface area (Å²) in [7, 11) is 3.09. The van der Waals surface area contributed by atoms with Crippen molar-refractivity contribution in [3.8, 4) is 11.5 Å². The molecule has 28 heavy (non-hydrogen) atoms. The van der Waals surface area contributed by atoms with Crippen LogP contribution in [0.4, 0.5) is 5.69 Å². The minimum absolute atomic E-state index is 0.366. The quantitative estimate of drug-likeness (QED) is 0.550. The topological polar surface area (TPSA) is 73.9 Å². The summed E-state index contributed by atoms with van der Waals surface area (Å²) >= 11 is 0. The van der Waals surface area contributed by atoms with Gasteiger partial charge in [-0.25, -0.2) is 4.79 Å². The molecule has 0 aromatic heterocycles. The molecule has 2 rings (SSSR count). The summed E-state index contributed by atoms with van der Waals surface area (Å²) in [5.74, 6) is 0.603. The van der Waals surface area contributed by atoms with Gasteiger partial charge in [0.2, 0.25) is 0 Å². The number of anilines is 1. The Kier molecular flexibility index (Phi) is 7.63. The Hall–Kier alpha value is -3.28. The van der Waals surface area contributed by atoms with Crippen LogP contribution < -0.4 is 14.8 Å². The van der Waals surface area contributed by atoms with E-state index in [4.69, 9.17) is 14.2 Å². The van der Waals surface area contributed by atoms with Gasteiger partial charge in [-0.1, -0.05) is 26.0 Å². The van der Waals surface area contributed by atoms with Gasteiger partial charge in [-0.15, -0.1) is 0 Å². The van der Waals surface area contributed by atoms with E-state index in [1.54, 1.807) is 31.4 Å². The number of hydrogen-bond donors (Lipinski definition) is 1. The summed E-state index contributed by atoms with van der Waals surface area (Å²) in [6.45, 7) is 3.83. The lowest BCUT2D eigenvalue weighted by Gasteiger charge is -2.08. The van der Waals surface area contributed by atoms with Crippen molar-refractivity contribution in [2.45, 2.75) is 19.8 Å². The molecule has 2 aromatic carbocycles. The van der Waals surface area contributed by atoms with E-state index in [1.165, 1.54) is 18.7 Å². The van der Waals surface area contributed by atoms with Gasteiger partial charge in [-0.05, 0) is 41.8 Å². The molecule has 0 atom stereocenters. The van der Waals surface area contributed by atoms with Gasteiger partial charge in [0.15, 0.2) is 6.61 Å². The number of methoxy groups -OCH3 is 2. The number of hydrogen-bond acceptors (Lipinski definition) is 5. The van der Waals surface area contributed by atoms with Crippen molar-refractivity contribution in [2.75, 3.05) is 26.1 Å². The highest BCUT2D eigenvalue weighted by Crippen LogP contribution is 2.25. The maximum absolute atomic E-state index is 11.9. The van der Waals surface area contributed by atoms with Crippen molar-refractivity contribution in [1.82, 2.24) is 0 Å². The molecule has 0 heterocycles. The van der Waals surface area contributed by atoms with Crippen LogP contribution in [0, 0.1) is 0 Å². The van der Waals surface area contributed by atoms with Gasteiger partial charge in [0.25, 0.3) is 5.91 Å². The average molecular weight is 383 g/mol. The molecule has 1 N–H and O–H groups in total. The second-order valence-electron chi connectivity index (χ2n) is 6.37. The van der Waals surface area contributed by atoms with Gasteiger partial charge >= 0.3 is 5.97 Å². The van der Waals surface area contributed by atoms with Crippen LogP contribution >= 0.6 is 0 Å². The van der Waals surface area contributed by atoms with Crippen molar-refractivity contribution in [3.05, 3.63) is 59.7 Å². The van der Waals surface area contributed by atoms with E-state index < -0.39 is 11.9 Å². The number of ether oxygens (including phenoxy) is 3. The van der Waals surface area contributed by atoms with E-state index in [0.29, 0.717) is 28.7 Å². The van der Waals surface area contributed by atoms with Gasteiger partial charge in [0.1, 0.15) is 11.5 Å². The number of benzene rings is 2. The minimum Gasteiger partial charge on any atom is -0.497 e. The highest BCUT2D eigenvalue weighted by atomic mass is 16.5. The molecule has 1 amide bonds. The second-order valence-corrected chi connectivity index (χ2v) is 6.37. The van der Waals surface area contributed by atoms with E-state index in [0.717, 1.165) is 0 Å². The smallest absolute Gasteiger partial charge is 0.331 e. The summed E-state index contributed by atoms with van der Waals surface area (Å²) in [5.41, 5.74) is 2.53. The first-order valence-electron chi connectivity index (χ1n) is 8.89. The van der Waals surface area contributed by atoms with Crippen molar-refractivity contribution in [2.24, 2.45) is 0 Å². The van der Waals surface area contributed by atoms with Crippen molar-refractivity contribution in [3.63, 3.8) is 0 Å². The lowest BCUT2D eigenvalue weighted by Crippen LogP contribution is -2.20. The molecule has 0 spiro atoms. The zero-order chi connectivity index (χ0) is 20.5. The van der Waals surface area contributed by atoms with E-state index in [1.807, 2.05) is 24.3 Å². The van der Waals surface area contributed by atoms with Gasteiger partial charge in [-0.2, -0.15) is 0 Å². The maximum Gasteiger partial charge on any atom is 0.331 e. The fraction of sp³-hybridized carbons (Fsp3) is 0.273. The van der Waals surface area contributed by atoms with Gasteiger partial charge in [-0.3, -0.25) is 4.79 Å². The second kappa shape index (κ2) is 10.2. The Bertz CT molecular complexity index is 841. The molecule has 6 nitrogen and oxygen atoms in total. The highest BCUT2D eigenvalue weighted by Gasteiger charge is 2.07. The van der Waals surface area contributed by atoms with Crippen LogP contribution in [0.5, 0.6) is 11.5 Å². The van der Waals surface area contributed by atoms with Crippen LogP contribution in [-0.4, -0.2) is 32.7 Å². The fourth-order valence-electron chi connectivity index (χ4n) is 2.45. The summed E-state index contributed by atoms with van der Waals surface area (Å²) < 4.78 is 15.4. The lowest BCUT2D eigenvalue weighted by molar-refractivity contribution is -0.142. The number of esters is 1. The van der Waals surface area contributed by atoms with E-state index in [-0.39, 0.29) is 6.61 Å². The van der Waals surface area contributed by atoms with Crippen LogP contribution in [0.25, 0.3) is 6.08 Å². The molecular weight excluding hydrogens is 358 g/mol. The maximum atomic E-state index is 11.9. The molecule has 0 bridgehead atoms. The van der Waals surface area contributed by atoms with Crippen molar-refractivity contribution < 1.29 is 23.8 Å². The Morgan fingerprint density at radius 3 is 2.36 bits per heavy atom. The van der Waals surface area contributed by atoms with Crippen LogP contribution in [0.3, 0.4) is 0 Å². The first-order valence-corrected chi connectivity index (χ1v) is 8.89. The van der Waals surface area contributed by atoms with E-state index in [2.05, 4.69) is 19.2 Å². The normalized spacial score (nSPS) is 10.8. The Morgan fingerprint density at radius 2 is 1.75 bits per heavy atom. The fourth-order valence-corrected chi connectivity index (χ4v) is 2.45. The summed E-state index contributed by atoms with van der Waals surface area (Å²) in [6, 6.07) is 12.8. The first kappa shape index (κ1) is 21.0. The van der Waals surface area contributed by atoms with Crippen molar-refractivity contribution >= 4 is 23.6 Å². The molecule has 6 heteroatoms. The predicted molar refractivity (Wildman–Crippen MR) is 109 cm³/mol. The number of carbonyl (C=O) groups is 2. The molecular formula is C22H25NO5. The zero-order valence-electron chi connectivity index (χ0n) is 16.5. The third kappa shape index (κ3) is 6.16. The van der Waals surface area contributed by atoms with Gasteiger partial charge in [0.05, 0.1) is 14.2 Å². The first-order chi connectivity index (χ1) is 13.4. The van der Waals surface area contributed by atoms with Crippen molar-refractivity contribution in [1.29, 1.82) is 0 Å². The number of carbonyl (C=O) groups excluding carboxylic acids is 2. The molecule has 0 radical (unpaired) electrons.